The summed E-state index contributed by atoms with van der Waals surface area (Å²) in [5, 5.41) is 0. The van der Waals surface area contributed by atoms with Crippen LogP contribution in [0.1, 0.15) is 13.8 Å². The lowest BCUT2D eigenvalue weighted by atomic mass is 10.4. The van der Waals surface area contributed by atoms with Crippen LogP contribution in [-0.2, 0) is 0 Å². The van der Waals surface area contributed by atoms with Gasteiger partial charge in [0, 0.05) is 0 Å². The van der Waals surface area contributed by atoms with Gasteiger partial charge in [-0.15, -0.1) is 22.2 Å². The molecule has 0 aromatic carbocycles. The molecule has 0 fully saturated rings. The van der Waals surface area contributed by atoms with Gasteiger partial charge in [0.25, 0.3) is 0 Å². The third kappa shape index (κ3) is 3.94. The molecule has 0 aromatic rings. The van der Waals surface area contributed by atoms with Gasteiger partial charge in [0.15, 0.2) is 0 Å². The average molecular weight is 230 g/mol. The van der Waals surface area contributed by atoms with Crippen LogP contribution in [0.5, 0.6) is 0 Å². The SMILES string of the molecule is CC(C)N[Si](Cl)(Cl)[Si](C)(C)C. The zero-order chi connectivity index (χ0) is 9.28. The highest BCUT2D eigenvalue weighted by molar-refractivity contribution is 7.73. The van der Waals surface area contributed by atoms with Crippen molar-refractivity contribution in [3.05, 3.63) is 0 Å². The van der Waals surface area contributed by atoms with E-state index in [1.54, 1.807) is 0 Å². The molecule has 11 heavy (non-hydrogen) atoms. The van der Waals surface area contributed by atoms with Gasteiger partial charge in [-0.2, -0.15) is 0 Å². The average Bonchev–Trinajstić information content (AvgIpc) is 1.56. The van der Waals surface area contributed by atoms with E-state index in [1.807, 2.05) is 0 Å². The Kier molecular flexibility index (Phi) is 4.12. The molecular formula is C6H17Cl2NSi2. The summed E-state index contributed by atoms with van der Waals surface area (Å²) < 4.78 is 0. The summed E-state index contributed by atoms with van der Waals surface area (Å²) in [5.41, 5.74) is 0. The second-order valence-corrected chi connectivity index (χ2v) is 22.7. The van der Waals surface area contributed by atoms with Crippen molar-refractivity contribution in [1.82, 2.24) is 4.98 Å². The molecule has 0 atom stereocenters. The zero-order valence-corrected chi connectivity index (χ0v) is 11.3. The molecule has 0 bridgehead atoms. The monoisotopic (exact) mass is 229 g/mol. The van der Waals surface area contributed by atoms with Crippen molar-refractivity contribution >= 4 is 36.1 Å². The highest BCUT2D eigenvalue weighted by Crippen LogP contribution is 2.24. The normalized spacial score (nSPS) is 14.2. The molecule has 0 aliphatic rings. The fourth-order valence-corrected chi connectivity index (χ4v) is 5.21. The molecule has 1 nitrogen and oxygen atoms in total. The molecule has 0 aliphatic heterocycles. The molecule has 5 heteroatoms. The minimum atomic E-state index is -2.13. The second-order valence-electron chi connectivity index (χ2n) is 4.12. The fraction of sp³-hybridized carbons (Fsp3) is 1.00. The Morgan fingerprint density at radius 2 is 1.45 bits per heavy atom. The largest absolute Gasteiger partial charge is 0.314 e. The number of hydrogen-bond donors (Lipinski definition) is 1. The molecule has 0 rings (SSSR count). The van der Waals surface area contributed by atoms with Crippen molar-refractivity contribution in [2.75, 3.05) is 0 Å². The fourth-order valence-electron chi connectivity index (χ4n) is 0.579. The summed E-state index contributed by atoms with van der Waals surface area (Å²) in [6, 6.07) is 0.392. The van der Waals surface area contributed by atoms with E-state index >= 15 is 0 Å². The summed E-state index contributed by atoms with van der Waals surface area (Å²) in [5.74, 6) is 0. The Balaban J connectivity index is 4.22. The van der Waals surface area contributed by atoms with Gasteiger partial charge < -0.3 is 4.98 Å². The molecule has 0 amide bonds. The topological polar surface area (TPSA) is 12.0 Å². The van der Waals surface area contributed by atoms with Crippen LogP contribution in [0.3, 0.4) is 0 Å². The van der Waals surface area contributed by atoms with Crippen LogP contribution in [0.25, 0.3) is 0 Å². The maximum atomic E-state index is 6.26. The standard InChI is InChI=1S/C6H17Cl2NSi2/c1-6(2)9-11(7,8)10(3,4)5/h6,9H,1-5H3. The van der Waals surface area contributed by atoms with Crippen molar-refractivity contribution in [1.29, 1.82) is 0 Å². The van der Waals surface area contributed by atoms with Crippen LogP contribution in [-0.4, -0.2) is 20.0 Å². The van der Waals surface area contributed by atoms with Gasteiger partial charge in [-0.05, 0) is 6.04 Å². The summed E-state index contributed by atoms with van der Waals surface area (Å²) in [6.45, 7) is 10.8. The van der Waals surface area contributed by atoms with Crippen molar-refractivity contribution in [2.45, 2.75) is 39.5 Å². The first-order valence-corrected chi connectivity index (χ1v) is 12.3. The molecule has 0 aliphatic carbocycles. The molecule has 1 N–H and O–H groups in total. The van der Waals surface area contributed by atoms with E-state index in [4.69, 9.17) is 22.2 Å². The van der Waals surface area contributed by atoms with E-state index in [2.05, 4.69) is 38.5 Å². The highest BCUT2D eigenvalue weighted by Gasteiger charge is 2.44. The molecule has 68 valence electrons. The van der Waals surface area contributed by atoms with Gasteiger partial charge in [0.1, 0.15) is 0 Å². The van der Waals surface area contributed by atoms with Gasteiger partial charge in [0.05, 0.1) is 7.59 Å². The number of rotatable bonds is 3. The van der Waals surface area contributed by atoms with Crippen LogP contribution < -0.4 is 4.98 Å². The van der Waals surface area contributed by atoms with Gasteiger partial charge in [-0.1, -0.05) is 33.5 Å². The van der Waals surface area contributed by atoms with E-state index in [9.17, 15) is 0 Å². The highest BCUT2D eigenvalue weighted by atomic mass is 35.7. The summed E-state index contributed by atoms with van der Waals surface area (Å²) in [6.07, 6.45) is -2.13. The predicted octanol–water partition coefficient (Wildman–Crippen LogP) is 2.82. The Bertz CT molecular complexity index is 131. The number of halogens is 2. The molecule has 0 aromatic heterocycles. The van der Waals surface area contributed by atoms with E-state index in [-0.39, 0.29) is 0 Å². The molecule has 0 spiro atoms. The summed E-state index contributed by atoms with van der Waals surface area (Å²) in [7, 11) is -1.39. The Morgan fingerprint density at radius 1 is 1.09 bits per heavy atom. The van der Waals surface area contributed by atoms with Crippen LogP contribution >= 0.6 is 22.2 Å². The maximum Gasteiger partial charge on any atom is 0.304 e. The summed E-state index contributed by atoms with van der Waals surface area (Å²) >= 11 is 12.5. The first kappa shape index (κ1) is 12.0. The molecule has 0 saturated carbocycles. The second kappa shape index (κ2) is 3.79. The van der Waals surface area contributed by atoms with Crippen LogP contribution in [0.2, 0.25) is 19.6 Å². The van der Waals surface area contributed by atoms with Gasteiger partial charge >= 0.3 is 6.37 Å². The van der Waals surface area contributed by atoms with Crippen molar-refractivity contribution < 1.29 is 0 Å². The predicted molar refractivity (Wildman–Crippen MR) is 59.1 cm³/mol. The Morgan fingerprint density at radius 3 is 1.55 bits per heavy atom. The maximum absolute atomic E-state index is 6.26. The lowest BCUT2D eigenvalue weighted by Gasteiger charge is -2.31. The van der Waals surface area contributed by atoms with E-state index in [1.165, 1.54) is 0 Å². The lowest BCUT2D eigenvalue weighted by molar-refractivity contribution is 0.751. The first-order chi connectivity index (χ1) is 4.67. The zero-order valence-electron chi connectivity index (χ0n) is 7.83. The molecule has 0 radical (unpaired) electrons. The van der Waals surface area contributed by atoms with Gasteiger partial charge in [-0.3, -0.25) is 0 Å². The van der Waals surface area contributed by atoms with E-state index < -0.39 is 14.0 Å². The quantitative estimate of drug-likeness (QED) is 0.580. The molecule has 0 saturated heterocycles. The smallest absolute Gasteiger partial charge is 0.304 e. The van der Waals surface area contributed by atoms with Crippen LogP contribution in [0.4, 0.5) is 0 Å². The Labute approximate surface area is 80.8 Å². The van der Waals surface area contributed by atoms with Crippen molar-refractivity contribution in [3.63, 3.8) is 0 Å². The van der Waals surface area contributed by atoms with Gasteiger partial charge in [0.2, 0.25) is 0 Å². The van der Waals surface area contributed by atoms with Crippen LogP contribution in [0.15, 0.2) is 0 Å². The Hall–Kier alpha value is 0.974. The number of nitrogens with one attached hydrogen (secondary N) is 1. The van der Waals surface area contributed by atoms with Crippen molar-refractivity contribution in [2.24, 2.45) is 0 Å². The molecule has 0 unspecified atom stereocenters. The first-order valence-electron chi connectivity index (χ1n) is 3.82. The van der Waals surface area contributed by atoms with E-state index in [0.29, 0.717) is 6.04 Å². The third-order valence-corrected chi connectivity index (χ3v) is 21.2. The van der Waals surface area contributed by atoms with Gasteiger partial charge in [-0.25, -0.2) is 0 Å². The van der Waals surface area contributed by atoms with Crippen molar-refractivity contribution in [3.8, 4) is 0 Å². The minimum Gasteiger partial charge on any atom is -0.314 e. The third-order valence-electron chi connectivity index (χ3n) is 1.41. The molecular weight excluding hydrogens is 213 g/mol. The summed E-state index contributed by atoms with van der Waals surface area (Å²) in [4.78, 5) is 3.29. The minimum absolute atomic E-state index is 0.392. The number of hydrogen-bond acceptors (Lipinski definition) is 1. The lowest BCUT2D eigenvalue weighted by Crippen LogP contribution is -2.61. The van der Waals surface area contributed by atoms with Crippen LogP contribution in [0, 0.1) is 0 Å². The molecule has 0 heterocycles. The van der Waals surface area contributed by atoms with E-state index in [0.717, 1.165) is 0 Å².